The van der Waals surface area contributed by atoms with Crippen molar-refractivity contribution < 1.29 is 18.7 Å². The van der Waals surface area contributed by atoms with Crippen molar-refractivity contribution in [2.24, 2.45) is 0 Å². The first-order valence-corrected chi connectivity index (χ1v) is 8.16. The Morgan fingerprint density at radius 2 is 1.92 bits per heavy atom. The zero-order valence-electron chi connectivity index (χ0n) is 14.2. The van der Waals surface area contributed by atoms with E-state index in [1.165, 1.54) is 19.1 Å². The molecule has 1 aromatic heterocycles. The Kier molecular flexibility index (Phi) is 5.26. The summed E-state index contributed by atoms with van der Waals surface area (Å²) < 4.78 is 18.0. The van der Waals surface area contributed by atoms with Crippen molar-refractivity contribution >= 4 is 22.8 Å². The van der Waals surface area contributed by atoms with Crippen molar-refractivity contribution in [2.75, 3.05) is 0 Å². The molecule has 0 saturated carbocycles. The molecular weight excluding hydrogens is 337 g/mol. The zero-order valence-corrected chi connectivity index (χ0v) is 14.2. The van der Waals surface area contributed by atoms with Crippen LogP contribution in [-0.2, 0) is 27.3 Å². The number of ether oxygens (including phenoxy) is 1. The highest BCUT2D eigenvalue weighted by atomic mass is 19.1. The Labute approximate surface area is 149 Å². The molecule has 0 fully saturated rings. The van der Waals surface area contributed by atoms with E-state index in [-0.39, 0.29) is 18.8 Å². The molecule has 1 heterocycles. The molecule has 3 rings (SSSR count). The minimum Gasteiger partial charge on any atom is -0.452 e. The number of nitrogens with one attached hydrogen (secondary N) is 2. The molecule has 2 N–H and O–H groups in total. The molecule has 7 heteroatoms. The summed E-state index contributed by atoms with van der Waals surface area (Å²) in [6.07, 6.45) is -0.937. The van der Waals surface area contributed by atoms with Gasteiger partial charge in [-0.05, 0) is 30.7 Å². The van der Waals surface area contributed by atoms with Crippen LogP contribution < -0.4 is 5.32 Å². The van der Waals surface area contributed by atoms with Crippen molar-refractivity contribution in [3.05, 3.63) is 65.6 Å². The second-order valence-electron chi connectivity index (χ2n) is 5.87. The summed E-state index contributed by atoms with van der Waals surface area (Å²) in [5.74, 6) is -1.28. The van der Waals surface area contributed by atoms with E-state index >= 15 is 0 Å². The highest BCUT2D eigenvalue weighted by Crippen LogP contribution is 2.16. The van der Waals surface area contributed by atoms with E-state index in [0.717, 1.165) is 16.5 Å². The predicted octanol–water partition coefficient (Wildman–Crippen LogP) is 2.49. The van der Waals surface area contributed by atoms with Gasteiger partial charge in [-0.15, -0.1) is 0 Å². The number of carbonyl (C=O) groups excluding carboxylic acids is 2. The van der Waals surface area contributed by atoms with Crippen LogP contribution in [-0.4, -0.2) is 28.2 Å². The van der Waals surface area contributed by atoms with Gasteiger partial charge in [-0.3, -0.25) is 14.7 Å². The molecule has 6 nitrogen and oxygen atoms in total. The number of hydrogen-bond acceptors (Lipinski definition) is 4. The Bertz CT molecular complexity index is 921. The monoisotopic (exact) mass is 355 g/mol. The maximum Gasteiger partial charge on any atom is 0.312 e. The fourth-order valence-corrected chi connectivity index (χ4v) is 2.52. The molecule has 0 aliphatic carbocycles. The summed E-state index contributed by atoms with van der Waals surface area (Å²) in [4.78, 5) is 24.1. The van der Waals surface area contributed by atoms with Gasteiger partial charge >= 0.3 is 5.97 Å². The highest BCUT2D eigenvalue weighted by molar-refractivity contribution is 5.87. The van der Waals surface area contributed by atoms with Crippen LogP contribution in [0, 0.1) is 5.82 Å². The average Bonchev–Trinajstić information content (AvgIpc) is 3.04. The van der Waals surface area contributed by atoms with Gasteiger partial charge in [0.1, 0.15) is 5.82 Å². The molecule has 0 aliphatic heterocycles. The Morgan fingerprint density at radius 3 is 2.69 bits per heavy atom. The molecule has 0 unspecified atom stereocenters. The number of carbonyl (C=O) groups is 2. The molecule has 0 saturated heterocycles. The third kappa shape index (κ3) is 4.24. The molecule has 134 valence electrons. The molecule has 0 bridgehead atoms. The number of nitrogens with zero attached hydrogens (tertiary/aromatic N) is 1. The lowest BCUT2D eigenvalue weighted by atomic mass is 10.2. The molecule has 1 atom stereocenters. The van der Waals surface area contributed by atoms with E-state index in [2.05, 4.69) is 15.5 Å². The first kappa shape index (κ1) is 17.6. The van der Waals surface area contributed by atoms with Crippen LogP contribution in [0.15, 0.2) is 48.5 Å². The Hall–Kier alpha value is -3.22. The maximum absolute atomic E-state index is 12.9. The lowest BCUT2D eigenvalue weighted by Gasteiger charge is -2.13. The van der Waals surface area contributed by atoms with E-state index in [1.54, 1.807) is 12.1 Å². The zero-order chi connectivity index (χ0) is 18.5. The highest BCUT2D eigenvalue weighted by Gasteiger charge is 2.19. The van der Waals surface area contributed by atoms with Gasteiger partial charge in [-0.1, -0.05) is 30.3 Å². The van der Waals surface area contributed by atoms with Gasteiger partial charge in [0.15, 0.2) is 6.10 Å². The smallest absolute Gasteiger partial charge is 0.312 e. The van der Waals surface area contributed by atoms with Crippen molar-refractivity contribution in [1.82, 2.24) is 15.5 Å². The fraction of sp³-hybridized carbons (Fsp3) is 0.211. The molecule has 0 spiro atoms. The minimum atomic E-state index is -0.933. The summed E-state index contributed by atoms with van der Waals surface area (Å²) in [5, 5.41) is 10.4. The third-order valence-electron chi connectivity index (χ3n) is 3.92. The van der Waals surface area contributed by atoms with E-state index in [0.29, 0.717) is 5.69 Å². The lowest BCUT2D eigenvalue weighted by molar-refractivity contribution is -0.154. The van der Waals surface area contributed by atoms with E-state index in [1.807, 2.05) is 24.3 Å². The van der Waals surface area contributed by atoms with Crippen LogP contribution in [0.4, 0.5) is 4.39 Å². The first-order valence-electron chi connectivity index (χ1n) is 8.16. The number of aromatic amines is 1. The van der Waals surface area contributed by atoms with Crippen LogP contribution in [0.25, 0.3) is 10.9 Å². The molecule has 3 aromatic rings. The number of fused-ring (bicyclic) bond motifs is 1. The molecule has 0 aliphatic rings. The second-order valence-corrected chi connectivity index (χ2v) is 5.87. The minimum absolute atomic E-state index is 0.00387. The second kappa shape index (κ2) is 7.77. The largest absolute Gasteiger partial charge is 0.452 e. The lowest BCUT2D eigenvalue weighted by Crippen LogP contribution is -2.35. The van der Waals surface area contributed by atoms with E-state index in [9.17, 15) is 14.0 Å². The first-order chi connectivity index (χ1) is 12.5. The molecule has 26 heavy (non-hydrogen) atoms. The maximum atomic E-state index is 12.9. The quantitative estimate of drug-likeness (QED) is 0.666. The standard InChI is InChI=1S/C19H18FN3O3/c1-12(19(25)21-11-13-6-8-14(20)9-7-13)26-18(24)10-17-15-4-2-3-5-16(15)22-23-17/h2-9,12H,10-11H2,1H3,(H,21,25)(H,22,23)/t12-/m0/s1. The SMILES string of the molecule is C[C@H](OC(=O)Cc1[nH]nc2ccccc12)C(=O)NCc1ccc(F)cc1. The number of halogens is 1. The number of aromatic nitrogens is 2. The van der Waals surface area contributed by atoms with Crippen LogP contribution >= 0.6 is 0 Å². The summed E-state index contributed by atoms with van der Waals surface area (Å²) in [5.41, 5.74) is 2.16. The average molecular weight is 355 g/mol. The number of hydrogen-bond donors (Lipinski definition) is 2. The van der Waals surface area contributed by atoms with E-state index < -0.39 is 18.0 Å². The van der Waals surface area contributed by atoms with Gasteiger partial charge in [0.05, 0.1) is 17.6 Å². The summed E-state index contributed by atoms with van der Waals surface area (Å²) in [6.45, 7) is 1.73. The fourth-order valence-electron chi connectivity index (χ4n) is 2.52. The predicted molar refractivity (Wildman–Crippen MR) is 93.6 cm³/mol. The number of amides is 1. The summed E-state index contributed by atoms with van der Waals surface area (Å²) >= 11 is 0. The number of benzene rings is 2. The number of esters is 1. The van der Waals surface area contributed by atoms with Crippen molar-refractivity contribution in [1.29, 1.82) is 0 Å². The van der Waals surface area contributed by atoms with Crippen LogP contribution in [0.5, 0.6) is 0 Å². The van der Waals surface area contributed by atoms with Crippen molar-refractivity contribution in [2.45, 2.75) is 26.0 Å². The Balaban J connectivity index is 1.51. The molecule has 1 amide bonds. The van der Waals surface area contributed by atoms with Crippen LogP contribution in [0.3, 0.4) is 0 Å². The van der Waals surface area contributed by atoms with Crippen molar-refractivity contribution in [3.8, 4) is 0 Å². The molecular formula is C19H18FN3O3. The number of rotatable bonds is 6. The number of para-hydroxylation sites is 1. The Morgan fingerprint density at radius 1 is 1.19 bits per heavy atom. The van der Waals surface area contributed by atoms with Gasteiger partial charge in [-0.25, -0.2) is 4.39 Å². The van der Waals surface area contributed by atoms with Crippen LogP contribution in [0.1, 0.15) is 18.2 Å². The van der Waals surface area contributed by atoms with Crippen LogP contribution in [0.2, 0.25) is 0 Å². The van der Waals surface area contributed by atoms with E-state index in [4.69, 9.17) is 4.74 Å². The summed E-state index contributed by atoms with van der Waals surface area (Å²) in [6, 6.07) is 13.2. The topological polar surface area (TPSA) is 84.1 Å². The summed E-state index contributed by atoms with van der Waals surface area (Å²) in [7, 11) is 0. The van der Waals surface area contributed by atoms with Crippen molar-refractivity contribution in [3.63, 3.8) is 0 Å². The molecule has 0 radical (unpaired) electrons. The van der Waals surface area contributed by atoms with Gasteiger partial charge < -0.3 is 10.1 Å². The third-order valence-corrected chi connectivity index (χ3v) is 3.92. The van der Waals surface area contributed by atoms with Gasteiger partial charge in [0.2, 0.25) is 0 Å². The number of H-pyrrole nitrogens is 1. The van der Waals surface area contributed by atoms with Gasteiger partial charge in [-0.2, -0.15) is 5.10 Å². The van der Waals surface area contributed by atoms with Gasteiger partial charge in [0.25, 0.3) is 5.91 Å². The van der Waals surface area contributed by atoms with Gasteiger partial charge in [0, 0.05) is 11.9 Å². The molecule has 2 aromatic carbocycles. The normalized spacial score (nSPS) is 11.9.